The molecule has 2 rings (SSSR count). The van der Waals surface area contributed by atoms with Crippen molar-refractivity contribution in [2.75, 3.05) is 6.61 Å². The van der Waals surface area contributed by atoms with Gasteiger partial charge in [-0.3, -0.25) is 4.79 Å². The number of hydrogen-bond donors (Lipinski definition) is 0. The Labute approximate surface area is 120 Å². The van der Waals surface area contributed by atoms with Gasteiger partial charge in [0.05, 0.1) is 11.7 Å². The second-order valence-corrected chi connectivity index (χ2v) is 6.75. The molecule has 0 N–H and O–H groups in total. The number of carbonyl (C=O) groups is 1. The number of benzene rings is 1. The van der Waals surface area contributed by atoms with Crippen molar-refractivity contribution in [3.63, 3.8) is 0 Å². The molecule has 0 amide bonds. The first-order valence-corrected chi connectivity index (χ1v) is 7.27. The molecule has 2 nitrogen and oxygen atoms in total. The first-order valence-electron chi connectivity index (χ1n) is 7.27. The summed E-state index contributed by atoms with van der Waals surface area (Å²) >= 11 is 0. The lowest BCUT2D eigenvalue weighted by molar-refractivity contribution is -0.0168. The molecule has 1 saturated carbocycles. The summed E-state index contributed by atoms with van der Waals surface area (Å²) in [5, 5.41) is 0. The molecule has 0 saturated heterocycles. The van der Waals surface area contributed by atoms with E-state index < -0.39 is 5.82 Å². The van der Waals surface area contributed by atoms with Gasteiger partial charge in [-0.15, -0.1) is 0 Å². The summed E-state index contributed by atoms with van der Waals surface area (Å²) in [5.41, 5.74) is 0.374. The molecule has 1 aliphatic carbocycles. The maximum absolute atomic E-state index is 13.5. The average molecular weight is 278 g/mol. The summed E-state index contributed by atoms with van der Waals surface area (Å²) in [4.78, 5) is 12.0. The van der Waals surface area contributed by atoms with Crippen LogP contribution in [-0.4, -0.2) is 18.5 Å². The fraction of sp³-hybridized carbons (Fsp3) is 0.588. The van der Waals surface area contributed by atoms with Gasteiger partial charge in [0, 0.05) is 0 Å². The van der Waals surface area contributed by atoms with Crippen LogP contribution in [0, 0.1) is 17.2 Å². The lowest BCUT2D eigenvalue weighted by Gasteiger charge is -2.38. The Bertz CT molecular complexity index is 482. The number of ketones is 1. The third-order valence-electron chi connectivity index (χ3n) is 3.97. The second-order valence-electron chi connectivity index (χ2n) is 6.75. The van der Waals surface area contributed by atoms with Gasteiger partial charge in [0.15, 0.2) is 5.78 Å². The smallest absolute Gasteiger partial charge is 0.191 e. The molecule has 2 atom stereocenters. The molecule has 0 aliphatic heterocycles. The van der Waals surface area contributed by atoms with Crippen LogP contribution in [0.3, 0.4) is 0 Å². The van der Waals surface area contributed by atoms with Crippen LogP contribution in [0.1, 0.15) is 50.4 Å². The Kier molecular flexibility index (Phi) is 4.59. The van der Waals surface area contributed by atoms with Crippen molar-refractivity contribution in [1.29, 1.82) is 0 Å². The maximum atomic E-state index is 13.5. The lowest BCUT2D eigenvalue weighted by Crippen LogP contribution is -2.33. The van der Waals surface area contributed by atoms with E-state index in [1.54, 1.807) is 12.1 Å². The molecule has 1 aliphatic rings. The molecule has 0 radical (unpaired) electrons. The van der Waals surface area contributed by atoms with Gasteiger partial charge in [0.2, 0.25) is 0 Å². The van der Waals surface area contributed by atoms with Gasteiger partial charge in [-0.05, 0) is 42.7 Å². The van der Waals surface area contributed by atoms with E-state index in [9.17, 15) is 9.18 Å². The van der Waals surface area contributed by atoms with E-state index in [-0.39, 0.29) is 29.5 Å². The monoisotopic (exact) mass is 278 g/mol. The number of hydrogen-bond acceptors (Lipinski definition) is 2. The van der Waals surface area contributed by atoms with Crippen LogP contribution >= 0.6 is 0 Å². The number of ether oxygens (including phenoxy) is 1. The number of Topliss-reactive ketones (excluding diaryl/α,β-unsaturated/α-hetero) is 1. The van der Waals surface area contributed by atoms with Crippen molar-refractivity contribution in [1.82, 2.24) is 0 Å². The minimum atomic E-state index is -0.474. The summed E-state index contributed by atoms with van der Waals surface area (Å²) < 4.78 is 19.3. The third-order valence-corrected chi connectivity index (χ3v) is 3.97. The Hall–Kier alpha value is -1.22. The van der Waals surface area contributed by atoms with E-state index in [2.05, 4.69) is 20.8 Å². The normalized spacial score (nSPS) is 25.4. The van der Waals surface area contributed by atoms with Crippen molar-refractivity contribution in [2.24, 2.45) is 11.3 Å². The first kappa shape index (κ1) is 15.2. The number of carbonyl (C=O) groups excluding carboxylic acids is 1. The summed E-state index contributed by atoms with van der Waals surface area (Å²) in [6.07, 6.45) is 3.23. The van der Waals surface area contributed by atoms with Crippen LogP contribution in [0.15, 0.2) is 24.3 Å². The molecule has 1 fully saturated rings. The van der Waals surface area contributed by atoms with Crippen molar-refractivity contribution in [2.45, 2.75) is 46.1 Å². The molecule has 3 heteroatoms. The zero-order valence-corrected chi connectivity index (χ0v) is 12.5. The van der Waals surface area contributed by atoms with Crippen molar-refractivity contribution in [3.05, 3.63) is 35.6 Å². The Morgan fingerprint density at radius 1 is 1.35 bits per heavy atom. The average Bonchev–Trinajstić information content (AvgIpc) is 2.34. The van der Waals surface area contributed by atoms with E-state index in [4.69, 9.17) is 4.74 Å². The predicted octanol–water partition coefficient (Wildman–Crippen LogP) is 4.24. The Balaban J connectivity index is 1.92. The molecule has 0 heterocycles. The van der Waals surface area contributed by atoms with Crippen molar-refractivity contribution in [3.8, 4) is 0 Å². The summed E-state index contributed by atoms with van der Waals surface area (Å²) in [6, 6.07) is 6.06. The van der Waals surface area contributed by atoms with Crippen LogP contribution in [0.25, 0.3) is 0 Å². The van der Waals surface area contributed by atoms with E-state index in [0.29, 0.717) is 5.92 Å². The van der Waals surface area contributed by atoms with Gasteiger partial charge in [-0.1, -0.05) is 32.9 Å². The number of halogens is 1. The van der Waals surface area contributed by atoms with Crippen LogP contribution < -0.4 is 0 Å². The van der Waals surface area contributed by atoms with Crippen LogP contribution in [0.4, 0.5) is 4.39 Å². The minimum absolute atomic E-state index is 0.0333. The van der Waals surface area contributed by atoms with E-state index >= 15 is 0 Å². The van der Waals surface area contributed by atoms with E-state index in [0.717, 1.165) is 12.8 Å². The van der Waals surface area contributed by atoms with Gasteiger partial charge in [-0.2, -0.15) is 0 Å². The lowest BCUT2D eigenvalue weighted by atomic mass is 9.71. The second kappa shape index (κ2) is 6.04. The van der Waals surface area contributed by atoms with E-state index in [1.165, 1.54) is 18.6 Å². The van der Waals surface area contributed by atoms with Gasteiger partial charge >= 0.3 is 0 Å². The standard InChI is InChI=1S/C17H23FO2/c1-12-8-13(10-17(2,3)9-12)20-11-16(19)14-6-4-5-7-15(14)18/h4-7,12-13H,8-11H2,1-3H3. The van der Waals surface area contributed by atoms with Crippen molar-refractivity contribution < 1.29 is 13.9 Å². The highest BCUT2D eigenvalue weighted by atomic mass is 19.1. The molecule has 20 heavy (non-hydrogen) atoms. The molecule has 0 spiro atoms. The molecular weight excluding hydrogens is 255 g/mol. The highest BCUT2D eigenvalue weighted by Crippen LogP contribution is 2.39. The van der Waals surface area contributed by atoms with Crippen LogP contribution in [0.5, 0.6) is 0 Å². The van der Waals surface area contributed by atoms with Crippen LogP contribution in [-0.2, 0) is 4.74 Å². The molecular formula is C17H23FO2. The molecule has 2 unspecified atom stereocenters. The van der Waals surface area contributed by atoms with Crippen molar-refractivity contribution >= 4 is 5.78 Å². The summed E-state index contributed by atoms with van der Waals surface area (Å²) in [5.74, 6) is -0.148. The zero-order valence-electron chi connectivity index (χ0n) is 12.5. The topological polar surface area (TPSA) is 26.3 Å². The molecule has 0 aromatic heterocycles. The quantitative estimate of drug-likeness (QED) is 0.770. The molecule has 1 aromatic carbocycles. The summed E-state index contributed by atoms with van der Waals surface area (Å²) in [6.45, 7) is 6.65. The minimum Gasteiger partial charge on any atom is -0.370 e. The third kappa shape index (κ3) is 3.89. The zero-order chi connectivity index (χ0) is 14.8. The largest absolute Gasteiger partial charge is 0.370 e. The SMILES string of the molecule is CC1CC(OCC(=O)c2ccccc2F)CC(C)(C)C1. The molecule has 110 valence electrons. The fourth-order valence-corrected chi connectivity index (χ4v) is 3.34. The van der Waals surface area contributed by atoms with E-state index in [1.807, 2.05) is 0 Å². The molecule has 1 aromatic rings. The van der Waals surface area contributed by atoms with Gasteiger partial charge < -0.3 is 4.74 Å². The van der Waals surface area contributed by atoms with Gasteiger partial charge in [0.1, 0.15) is 12.4 Å². The predicted molar refractivity (Wildman–Crippen MR) is 77.3 cm³/mol. The molecule has 0 bridgehead atoms. The van der Waals surface area contributed by atoms with Crippen LogP contribution in [0.2, 0.25) is 0 Å². The van der Waals surface area contributed by atoms with Gasteiger partial charge in [0.25, 0.3) is 0 Å². The first-order chi connectivity index (χ1) is 9.37. The number of rotatable bonds is 4. The Morgan fingerprint density at radius 2 is 2.05 bits per heavy atom. The maximum Gasteiger partial charge on any atom is 0.191 e. The highest BCUT2D eigenvalue weighted by Gasteiger charge is 2.32. The summed E-state index contributed by atoms with van der Waals surface area (Å²) in [7, 11) is 0. The Morgan fingerprint density at radius 3 is 2.70 bits per heavy atom. The fourth-order valence-electron chi connectivity index (χ4n) is 3.34. The van der Waals surface area contributed by atoms with Gasteiger partial charge in [-0.25, -0.2) is 4.39 Å². The highest BCUT2D eigenvalue weighted by molar-refractivity contribution is 5.97.